The Morgan fingerprint density at radius 3 is 2.40 bits per heavy atom. The molecule has 0 spiro atoms. The van der Waals surface area contributed by atoms with Crippen molar-refractivity contribution in [3.05, 3.63) is 53.1 Å². The van der Waals surface area contributed by atoms with Crippen LogP contribution in [0.4, 0.5) is 5.69 Å². The van der Waals surface area contributed by atoms with Crippen LogP contribution in [0.1, 0.15) is 25.3 Å². The molecule has 1 aliphatic carbocycles. The lowest BCUT2D eigenvalue weighted by atomic mass is 9.94. The lowest BCUT2D eigenvalue weighted by Gasteiger charge is -2.12. The maximum atomic E-state index is 5.65. The fraction of sp³-hybridized carbons (Fsp3) is 0.286. The molecule has 1 nitrogen and oxygen atoms in total. The van der Waals surface area contributed by atoms with Gasteiger partial charge in [0.15, 0.2) is 0 Å². The molecule has 0 radical (unpaired) electrons. The van der Waals surface area contributed by atoms with Crippen molar-refractivity contribution in [1.29, 1.82) is 0 Å². The van der Waals surface area contributed by atoms with Gasteiger partial charge in [-0.1, -0.05) is 35.4 Å². The molecule has 0 saturated heterocycles. The van der Waals surface area contributed by atoms with Crippen molar-refractivity contribution in [3.8, 4) is 0 Å². The number of anilines is 1. The predicted octanol–water partition coefficient (Wildman–Crippen LogP) is 3.48. The molecule has 1 aliphatic rings. The van der Waals surface area contributed by atoms with Crippen molar-refractivity contribution in [2.24, 2.45) is 0 Å². The van der Waals surface area contributed by atoms with E-state index in [9.17, 15) is 0 Å². The third kappa shape index (κ3) is 2.72. The smallest absolute Gasteiger partial charge is 0.0314 e. The summed E-state index contributed by atoms with van der Waals surface area (Å²) in [7, 11) is 0. The summed E-state index contributed by atoms with van der Waals surface area (Å²) in [5.41, 5.74) is 10.8. The minimum absolute atomic E-state index is 0.840. The van der Waals surface area contributed by atoms with Crippen LogP contribution in [0.2, 0.25) is 0 Å². The Labute approximate surface area is 91.3 Å². The molecule has 0 aliphatic heterocycles. The quantitative estimate of drug-likeness (QED) is 0.725. The van der Waals surface area contributed by atoms with E-state index in [0.29, 0.717) is 0 Å². The van der Waals surface area contributed by atoms with E-state index in [1.807, 2.05) is 12.1 Å². The molecule has 1 heteroatoms. The zero-order chi connectivity index (χ0) is 10.7. The molecule has 1 aromatic carbocycles. The van der Waals surface area contributed by atoms with E-state index in [1.165, 1.54) is 29.6 Å². The van der Waals surface area contributed by atoms with Gasteiger partial charge in [-0.05, 0) is 43.9 Å². The normalized spacial score (nSPS) is 15.8. The summed E-state index contributed by atoms with van der Waals surface area (Å²) in [6, 6.07) is 8.17. The maximum absolute atomic E-state index is 5.65. The Balaban J connectivity index is 2.06. The van der Waals surface area contributed by atoms with Crippen molar-refractivity contribution < 1.29 is 0 Å². The number of rotatable bonds is 2. The van der Waals surface area contributed by atoms with E-state index in [2.05, 4.69) is 31.2 Å². The lowest BCUT2D eigenvalue weighted by Crippen LogP contribution is -1.96. The third-order valence-corrected chi connectivity index (χ3v) is 2.85. The van der Waals surface area contributed by atoms with Crippen LogP contribution < -0.4 is 5.73 Å². The van der Waals surface area contributed by atoms with Crippen LogP contribution >= 0.6 is 0 Å². The number of nitrogens with two attached hydrogens (primary N) is 1. The van der Waals surface area contributed by atoms with Gasteiger partial charge in [-0.3, -0.25) is 0 Å². The van der Waals surface area contributed by atoms with Gasteiger partial charge >= 0.3 is 0 Å². The van der Waals surface area contributed by atoms with Crippen LogP contribution in [0.25, 0.3) is 0 Å². The van der Waals surface area contributed by atoms with E-state index in [0.717, 1.165) is 12.1 Å². The highest BCUT2D eigenvalue weighted by atomic mass is 14.5. The van der Waals surface area contributed by atoms with Gasteiger partial charge in [0.05, 0.1) is 0 Å². The van der Waals surface area contributed by atoms with Crippen molar-refractivity contribution in [3.63, 3.8) is 0 Å². The van der Waals surface area contributed by atoms with Crippen LogP contribution in [0.15, 0.2) is 47.6 Å². The summed E-state index contributed by atoms with van der Waals surface area (Å²) >= 11 is 0. The standard InChI is InChI=1S/C14H17N/c1-11-2-4-12(5-3-11)10-13-6-8-14(15)9-7-13/h2,4,6-9H,3,5,10,15H2,1H3. The first-order valence-electron chi connectivity index (χ1n) is 5.43. The molecule has 0 aromatic heterocycles. The van der Waals surface area contributed by atoms with Gasteiger partial charge in [0.1, 0.15) is 0 Å². The molecular formula is C14H17N. The molecule has 0 bridgehead atoms. The van der Waals surface area contributed by atoms with Gasteiger partial charge in [0.25, 0.3) is 0 Å². The molecule has 0 fully saturated rings. The Hall–Kier alpha value is -1.50. The zero-order valence-electron chi connectivity index (χ0n) is 9.16. The third-order valence-electron chi connectivity index (χ3n) is 2.85. The highest BCUT2D eigenvalue weighted by Crippen LogP contribution is 2.21. The van der Waals surface area contributed by atoms with Crippen LogP contribution in [-0.4, -0.2) is 0 Å². The molecule has 0 amide bonds. The number of nitrogen functional groups attached to an aromatic ring is 1. The molecular weight excluding hydrogens is 182 g/mol. The summed E-state index contributed by atoms with van der Waals surface area (Å²) in [5, 5.41) is 0. The predicted molar refractivity (Wildman–Crippen MR) is 65.6 cm³/mol. The van der Waals surface area contributed by atoms with Crippen molar-refractivity contribution >= 4 is 5.69 Å². The SMILES string of the molecule is CC1=CC=C(Cc2ccc(N)cc2)CC1. The average molecular weight is 199 g/mol. The minimum Gasteiger partial charge on any atom is -0.399 e. The molecule has 0 saturated carbocycles. The van der Waals surface area contributed by atoms with Crippen molar-refractivity contribution in [2.45, 2.75) is 26.2 Å². The molecule has 1 aromatic rings. The van der Waals surface area contributed by atoms with E-state index in [1.54, 1.807) is 0 Å². The van der Waals surface area contributed by atoms with Gasteiger partial charge in [-0.15, -0.1) is 0 Å². The summed E-state index contributed by atoms with van der Waals surface area (Å²) in [4.78, 5) is 0. The molecule has 0 heterocycles. The number of benzene rings is 1. The monoisotopic (exact) mass is 199 g/mol. The van der Waals surface area contributed by atoms with Gasteiger partial charge in [0, 0.05) is 5.69 Å². The Morgan fingerprint density at radius 1 is 1.07 bits per heavy atom. The molecule has 2 N–H and O–H groups in total. The average Bonchev–Trinajstić information content (AvgIpc) is 2.25. The summed E-state index contributed by atoms with van der Waals surface area (Å²) in [5.74, 6) is 0. The van der Waals surface area contributed by atoms with E-state index >= 15 is 0 Å². The Bertz CT molecular complexity index is 396. The second-order valence-corrected chi connectivity index (χ2v) is 4.26. The first-order valence-corrected chi connectivity index (χ1v) is 5.43. The molecule has 2 rings (SSSR count). The second kappa shape index (κ2) is 4.35. The summed E-state index contributed by atoms with van der Waals surface area (Å²) in [6.45, 7) is 2.19. The summed E-state index contributed by atoms with van der Waals surface area (Å²) < 4.78 is 0. The van der Waals surface area contributed by atoms with Crippen molar-refractivity contribution in [1.82, 2.24) is 0 Å². The largest absolute Gasteiger partial charge is 0.399 e. The van der Waals surface area contributed by atoms with Gasteiger partial charge in [0.2, 0.25) is 0 Å². The Morgan fingerprint density at radius 2 is 1.80 bits per heavy atom. The van der Waals surface area contributed by atoms with Crippen LogP contribution in [0.3, 0.4) is 0 Å². The molecule has 15 heavy (non-hydrogen) atoms. The second-order valence-electron chi connectivity index (χ2n) is 4.26. The fourth-order valence-corrected chi connectivity index (χ4v) is 1.83. The van der Waals surface area contributed by atoms with Gasteiger partial charge in [-0.25, -0.2) is 0 Å². The topological polar surface area (TPSA) is 26.0 Å². The number of hydrogen-bond acceptors (Lipinski definition) is 1. The number of allylic oxidation sites excluding steroid dienone is 4. The van der Waals surface area contributed by atoms with Crippen LogP contribution in [-0.2, 0) is 6.42 Å². The van der Waals surface area contributed by atoms with E-state index < -0.39 is 0 Å². The molecule has 0 atom stereocenters. The highest BCUT2D eigenvalue weighted by Gasteiger charge is 2.04. The van der Waals surface area contributed by atoms with Gasteiger partial charge in [-0.2, -0.15) is 0 Å². The Kier molecular flexibility index (Phi) is 2.91. The highest BCUT2D eigenvalue weighted by molar-refractivity contribution is 5.40. The van der Waals surface area contributed by atoms with Gasteiger partial charge < -0.3 is 5.73 Å². The zero-order valence-corrected chi connectivity index (χ0v) is 9.16. The molecule has 78 valence electrons. The fourth-order valence-electron chi connectivity index (χ4n) is 1.83. The summed E-state index contributed by atoms with van der Waals surface area (Å²) in [6.07, 6.45) is 7.96. The van der Waals surface area contributed by atoms with Crippen LogP contribution in [0.5, 0.6) is 0 Å². The first-order chi connectivity index (χ1) is 7.24. The molecule has 0 unspecified atom stereocenters. The minimum atomic E-state index is 0.840. The van der Waals surface area contributed by atoms with Crippen molar-refractivity contribution in [2.75, 3.05) is 5.73 Å². The van der Waals surface area contributed by atoms with E-state index in [-0.39, 0.29) is 0 Å². The van der Waals surface area contributed by atoms with Crippen LogP contribution in [0, 0.1) is 0 Å². The van der Waals surface area contributed by atoms with E-state index in [4.69, 9.17) is 5.73 Å². The number of hydrogen-bond donors (Lipinski definition) is 1. The first kappa shape index (κ1) is 10.0. The maximum Gasteiger partial charge on any atom is 0.0314 e. The lowest BCUT2D eigenvalue weighted by molar-refractivity contribution is 0.869.